The van der Waals surface area contributed by atoms with E-state index in [0.29, 0.717) is 24.3 Å². The molecule has 5 rings (SSSR count). The van der Waals surface area contributed by atoms with Crippen molar-refractivity contribution in [2.24, 2.45) is 0 Å². The van der Waals surface area contributed by atoms with E-state index in [0.717, 1.165) is 53.9 Å². The third-order valence-corrected chi connectivity index (χ3v) is 7.65. The molecule has 0 bridgehead atoms. The normalized spacial score (nSPS) is 12.9. The van der Waals surface area contributed by atoms with Crippen molar-refractivity contribution in [1.82, 2.24) is 4.90 Å². The molecule has 0 fully saturated rings. The Hall–Kier alpha value is -4.42. The molecule has 210 valence electrons. The van der Waals surface area contributed by atoms with Crippen LogP contribution < -0.4 is 9.47 Å². The zero-order chi connectivity index (χ0) is 28.7. The highest BCUT2D eigenvalue weighted by atomic mass is 16.5. The van der Waals surface area contributed by atoms with E-state index >= 15 is 0 Å². The van der Waals surface area contributed by atoms with Crippen molar-refractivity contribution in [3.63, 3.8) is 0 Å². The lowest BCUT2D eigenvalue weighted by molar-refractivity contribution is 0.0105. The smallest absolute Gasteiger partial charge is 0.261 e. The lowest BCUT2D eigenvalue weighted by Gasteiger charge is -2.36. The second-order valence-electron chi connectivity index (χ2n) is 10.1. The molecule has 1 aliphatic heterocycles. The maximum atomic E-state index is 12.6. The summed E-state index contributed by atoms with van der Waals surface area (Å²) in [4.78, 5) is 26.6. The fraction of sp³-hybridized carbons (Fsp3) is 0.257. The van der Waals surface area contributed by atoms with Crippen LogP contribution in [0.15, 0.2) is 103 Å². The van der Waals surface area contributed by atoms with Crippen LogP contribution in [0, 0.1) is 0 Å². The molecule has 0 saturated heterocycles. The van der Waals surface area contributed by atoms with Crippen LogP contribution in [-0.2, 0) is 10.3 Å². The number of imide groups is 1. The predicted octanol–water partition coefficient (Wildman–Crippen LogP) is 6.87. The van der Waals surface area contributed by atoms with Gasteiger partial charge in [-0.3, -0.25) is 14.5 Å². The van der Waals surface area contributed by atoms with Crippen molar-refractivity contribution < 1.29 is 23.8 Å². The molecular formula is C35H35NO5. The number of benzene rings is 4. The maximum Gasteiger partial charge on any atom is 0.261 e. The fourth-order valence-electron chi connectivity index (χ4n) is 5.47. The summed E-state index contributed by atoms with van der Waals surface area (Å²) >= 11 is 0. The van der Waals surface area contributed by atoms with Gasteiger partial charge in [0.25, 0.3) is 11.8 Å². The number of unbranched alkanes of at least 4 members (excludes halogenated alkanes) is 3. The van der Waals surface area contributed by atoms with E-state index < -0.39 is 5.60 Å². The number of carbonyl (C=O) groups is 2. The molecule has 0 atom stereocenters. The number of amides is 2. The summed E-state index contributed by atoms with van der Waals surface area (Å²) in [5.74, 6) is 1.17. The molecule has 0 aromatic heterocycles. The summed E-state index contributed by atoms with van der Waals surface area (Å²) in [6, 6.07) is 33.3. The third-order valence-electron chi connectivity index (χ3n) is 7.65. The second-order valence-corrected chi connectivity index (χ2v) is 10.1. The Bertz CT molecular complexity index is 1380. The van der Waals surface area contributed by atoms with Crippen LogP contribution in [0.5, 0.6) is 11.5 Å². The summed E-state index contributed by atoms with van der Waals surface area (Å²) in [7, 11) is 3.32. The molecule has 2 amide bonds. The van der Waals surface area contributed by atoms with Gasteiger partial charge in [0.1, 0.15) is 17.1 Å². The average Bonchev–Trinajstić information content (AvgIpc) is 3.28. The minimum absolute atomic E-state index is 0.194. The first-order valence-electron chi connectivity index (χ1n) is 14.0. The molecule has 4 aromatic rings. The lowest BCUT2D eigenvalue weighted by atomic mass is 9.80. The van der Waals surface area contributed by atoms with Crippen molar-refractivity contribution in [3.05, 3.63) is 131 Å². The summed E-state index contributed by atoms with van der Waals surface area (Å²) < 4.78 is 17.7. The minimum atomic E-state index is -0.833. The Labute approximate surface area is 241 Å². The first kappa shape index (κ1) is 28.1. The Morgan fingerprint density at radius 3 is 1.54 bits per heavy atom. The molecule has 6 nitrogen and oxygen atoms in total. The van der Waals surface area contributed by atoms with Crippen LogP contribution in [0.25, 0.3) is 0 Å². The Kier molecular flexibility index (Phi) is 8.80. The molecule has 0 spiro atoms. The largest absolute Gasteiger partial charge is 0.497 e. The van der Waals surface area contributed by atoms with Gasteiger partial charge in [-0.2, -0.15) is 0 Å². The van der Waals surface area contributed by atoms with Crippen molar-refractivity contribution in [2.75, 3.05) is 27.4 Å². The summed E-state index contributed by atoms with van der Waals surface area (Å²) in [5.41, 5.74) is 3.20. The summed E-state index contributed by atoms with van der Waals surface area (Å²) in [6.07, 6.45) is 3.40. The molecule has 41 heavy (non-hydrogen) atoms. The van der Waals surface area contributed by atoms with Gasteiger partial charge in [0.15, 0.2) is 0 Å². The van der Waals surface area contributed by atoms with E-state index in [4.69, 9.17) is 14.2 Å². The van der Waals surface area contributed by atoms with Crippen LogP contribution in [0.1, 0.15) is 63.1 Å². The van der Waals surface area contributed by atoms with Crippen molar-refractivity contribution in [3.8, 4) is 11.5 Å². The van der Waals surface area contributed by atoms with Gasteiger partial charge in [0, 0.05) is 13.2 Å². The standard InChI is InChI=1S/C35H35NO5/c1-39-29-20-16-27(17-21-29)35(26-12-6-5-7-13-26,28-18-22-30(40-2)23-19-28)41-25-11-4-3-10-24-36-33(37)31-14-8-9-15-32(31)34(36)38/h5-9,12-23H,3-4,10-11,24-25H2,1-2H3. The van der Waals surface area contributed by atoms with Crippen molar-refractivity contribution >= 4 is 11.8 Å². The van der Waals surface area contributed by atoms with Crippen LogP contribution in [0.3, 0.4) is 0 Å². The molecule has 0 saturated carbocycles. The molecule has 1 aliphatic rings. The first-order chi connectivity index (χ1) is 20.1. The van der Waals surface area contributed by atoms with Gasteiger partial charge in [0.2, 0.25) is 0 Å². The fourth-order valence-corrected chi connectivity index (χ4v) is 5.47. The second kappa shape index (κ2) is 12.8. The minimum Gasteiger partial charge on any atom is -0.497 e. The number of hydrogen-bond acceptors (Lipinski definition) is 5. The quantitative estimate of drug-likeness (QED) is 0.103. The van der Waals surface area contributed by atoms with Gasteiger partial charge in [-0.25, -0.2) is 0 Å². The van der Waals surface area contributed by atoms with Crippen molar-refractivity contribution in [1.29, 1.82) is 0 Å². The van der Waals surface area contributed by atoms with Crippen LogP contribution in [-0.4, -0.2) is 44.1 Å². The van der Waals surface area contributed by atoms with E-state index in [9.17, 15) is 9.59 Å². The Morgan fingerprint density at radius 2 is 1.02 bits per heavy atom. The number of methoxy groups -OCH3 is 2. The topological polar surface area (TPSA) is 65.1 Å². The number of hydrogen-bond donors (Lipinski definition) is 0. The maximum absolute atomic E-state index is 12.6. The number of ether oxygens (including phenoxy) is 3. The average molecular weight is 550 g/mol. The summed E-state index contributed by atoms with van der Waals surface area (Å²) in [6.45, 7) is 0.957. The van der Waals surface area contributed by atoms with E-state index in [1.807, 2.05) is 42.5 Å². The van der Waals surface area contributed by atoms with E-state index in [1.165, 1.54) is 4.90 Å². The number of fused-ring (bicyclic) bond motifs is 1. The van der Waals surface area contributed by atoms with Crippen molar-refractivity contribution in [2.45, 2.75) is 31.3 Å². The molecular weight excluding hydrogens is 514 g/mol. The highest BCUT2D eigenvalue weighted by Gasteiger charge is 2.38. The molecule has 1 heterocycles. The number of carbonyl (C=O) groups excluding carboxylic acids is 2. The van der Waals surface area contributed by atoms with Gasteiger partial charge >= 0.3 is 0 Å². The van der Waals surface area contributed by atoms with Crippen LogP contribution in [0.4, 0.5) is 0 Å². The lowest BCUT2D eigenvalue weighted by Crippen LogP contribution is -2.33. The zero-order valence-electron chi connectivity index (χ0n) is 23.5. The van der Waals surface area contributed by atoms with E-state index in [2.05, 4.69) is 36.4 Å². The van der Waals surface area contributed by atoms with Gasteiger partial charge in [-0.1, -0.05) is 79.6 Å². The van der Waals surface area contributed by atoms with Gasteiger partial charge < -0.3 is 14.2 Å². The molecule has 6 heteroatoms. The zero-order valence-corrected chi connectivity index (χ0v) is 23.5. The molecule has 0 radical (unpaired) electrons. The Balaban J connectivity index is 1.28. The van der Waals surface area contributed by atoms with E-state index in [-0.39, 0.29) is 11.8 Å². The SMILES string of the molecule is COc1ccc(C(OCCCCCCN2C(=O)c3ccccc3C2=O)(c2ccccc2)c2ccc(OC)cc2)cc1. The number of nitrogens with zero attached hydrogens (tertiary/aromatic N) is 1. The first-order valence-corrected chi connectivity index (χ1v) is 14.0. The van der Waals surface area contributed by atoms with Gasteiger partial charge in [-0.05, 0) is 65.9 Å². The van der Waals surface area contributed by atoms with Gasteiger partial charge in [-0.15, -0.1) is 0 Å². The molecule has 0 aliphatic carbocycles. The van der Waals surface area contributed by atoms with Crippen LogP contribution >= 0.6 is 0 Å². The number of rotatable bonds is 13. The molecule has 0 unspecified atom stereocenters. The van der Waals surface area contributed by atoms with Crippen LogP contribution in [0.2, 0.25) is 0 Å². The molecule has 4 aromatic carbocycles. The Morgan fingerprint density at radius 1 is 0.561 bits per heavy atom. The molecule has 0 N–H and O–H groups in total. The monoisotopic (exact) mass is 549 g/mol. The predicted molar refractivity (Wildman–Crippen MR) is 159 cm³/mol. The highest BCUT2D eigenvalue weighted by molar-refractivity contribution is 6.21. The summed E-state index contributed by atoms with van der Waals surface area (Å²) in [5, 5.41) is 0. The van der Waals surface area contributed by atoms with E-state index in [1.54, 1.807) is 38.5 Å². The third kappa shape index (κ3) is 5.74. The van der Waals surface area contributed by atoms with Gasteiger partial charge in [0.05, 0.1) is 25.3 Å². The highest BCUT2D eigenvalue weighted by Crippen LogP contribution is 2.41.